The van der Waals surface area contributed by atoms with Gasteiger partial charge in [-0.15, -0.1) is 0 Å². The van der Waals surface area contributed by atoms with Gasteiger partial charge in [0.2, 0.25) is 0 Å². The molecule has 1 saturated carbocycles. The molecule has 5 nitrogen and oxygen atoms in total. The zero-order valence-corrected chi connectivity index (χ0v) is 14.8. The molecule has 2 aromatic rings. The molecule has 2 atom stereocenters. The summed E-state index contributed by atoms with van der Waals surface area (Å²) in [5.41, 5.74) is 1.07. The Bertz CT molecular complexity index is 811. The number of carbonyl (C=O) groups is 1. The maximum absolute atomic E-state index is 12.1. The monoisotopic (exact) mass is 343 g/mol. The van der Waals surface area contributed by atoms with Crippen molar-refractivity contribution in [3.8, 4) is 5.75 Å². The van der Waals surface area contributed by atoms with E-state index in [4.69, 9.17) is 9.15 Å². The summed E-state index contributed by atoms with van der Waals surface area (Å²) in [6.45, 7) is 4.14. The predicted octanol–water partition coefficient (Wildman–Crippen LogP) is 3.43. The summed E-state index contributed by atoms with van der Waals surface area (Å²) in [7, 11) is 0. The molecule has 1 aromatic heterocycles. The van der Waals surface area contributed by atoms with E-state index in [9.17, 15) is 9.59 Å². The highest BCUT2D eigenvalue weighted by molar-refractivity contribution is 5.82. The summed E-state index contributed by atoms with van der Waals surface area (Å²) < 4.78 is 10.8. The maximum atomic E-state index is 12.1. The number of amides is 1. The number of hydrogen-bond donors (Lipinski definition) is 1. The smallest absolute Gasteiger partial charge is 0.336 e. The highest BCUT2D eigenvalue weighted by Crippen LogP contribution is 2.24. The summed E-state index contributed by atoms with van der Waals surface area (Å²) in [6.07, 6.45) is 5.36. The summed E-state index contributed by atoms with van der Waals surface area (Å²) in [4.78, 5) is 23.8. The third kappa shape index (κ3) is 4.21. The zero-order valence-electron chi connectivity index (χ0n) is 14.8. The van der Waals surface area contributed by atoms with Crippen LogP contribution >= 0.6 is 0 Å². The van der Waals surface area contributed by atoms with E-state index < -0.39 is 0 Å². The van der Waals surface area contributed by atoms with Crippen molar-refractivity contribution < 1.29 is 13.9 Å². The minimum Gasteiger partial charge on any atom is -0.484 e. The molecule has 0 radical (unpaired) electrons. The van der Waals surface area contributed by atoms with Crippen LogP contribution < -0.4 is 15.7 Å². The molecule has 25 heavy (non-hydrogen) atoms. The predicted molar refractivity (Wildman–Crippen MR) is 96.9 cm³/mol. The van der Waals surface area contributed by atoms with Crippen molar-refractivity contribution >= 4 is 16.9 Å². The Morgan fingerprint density at radius 2 is 2.08 bits per heavy atom. The molecule has 0 saturated heterocycles. The molecular weight excluding hydrogens is 318 g/mol. The normalized spacial score (nSPS) is 20.4. The van der Waals surface area contributed by atoms with Crippen molar-refractivity contribution in [3.63, 3.8) is 0 Å². The number of fused-ring (bicyclic) bond motifs is 1. The molecule has 1 fully saturated rings. The second-order valence-corrected chi connectivity index (χ2v) is 6.83. The first-order valence-corrected chi connectivity index (χ1v) is 9.05. The number of nitrogens with one attached hydrogen (secondary N) is 1. The molecule has 1 amide bonds. The Balaban J connectivity index is 1.64. The van der Waals surface area contributed by atoms with E-state index in [-0.39, 0.29) is 24.2 Å². The molecular formula is C20H25NO4. The first-order chi connectivity index (χ1) is 12.1. The lowest BCUT2D eigenvalue weighted by molar-refractivity contribution is -0.124. The molecule has 1 heterocycles. The molecule has 3 rings (SSSR count). The molecule has 0 aliphatic heterocycles. The van der Waals surface area contributed by atoms with E-state index in [0.29, 0.717) is 17.3 Å². The van der Waals surface area contributed by atoms with Crippen LogP contribution in [0.3, 0.4) is 0 Å². The standard InChI is InChI=1S/C20H25NO4/c1-3-14-10-20(23)25-18-11-15(8-9-16(14)18)24-12-19(22)21-17-7-5-4-6-13(17)2/h8-11,13,17H,3-7,12H2,1-2H3,(H,21,22)/t13-,17+/m0/s1. The number of carbonyl (C=O) groups excluding carboxylic acids is 1. The van der Waals surface area contributed by atoms with Crippen LogP contribution in [0, 0.1) is 5.92 Å². The quantitative estimate of drug-likeness (QED) is 0.845. The van der Waals surface area contributed by atoms with Crippen molar-refractivity contribution in [3.05, 3.63) is 40.2 Å². The van der Waals surface area contributed by atoms with Crippen LogP contribution in [-0.4, -0.2) is 18.6 Å². The minimum atomic E-state index is -0.370. The van der Waals surface area contributed by atoms with Gasteiger partial charge in [0, 0.05) is 23.6 Å². The molecule has 1 aliphatic carbocycles. The first kappa shape index (κ1) is 17.5. The van der Waals surface area contributed by atoms with Crippen LogP contribution in [0.1, 0.15) is 45.1 Å². The summed E-state index contributed by atoms with van der Waals surface area (Å²) >= 11 is 0. The van der Waals surface area contributed by atoms with Gasteiger partial charge in [0.05, 0.1) is 0 Å². The number of hydrogen-bond acceptors (Lipinski definition) is 4. The molecule has 0 bridgehead atoms. The fraction of sp³-hybridized carbons (Fsp3) is 0.500. The number of ether oxygens (including phenoxy) is 1. The Kier molecular flexibility index (Phi) is 5.41. The second kappa shape index (κ2) is 7.72. The number of rotatable bonds is 5. The van der Waals surface area contributed by atoms with Gasteiger partial charge in [0.1, 0.15) is 11.3 Å². The molecule has 1 aromatic carbocycles. The molecule has 5 heteroatoms. The van der Waals surface area contributed by atoms with Crippen molar-refractivity contribution in [2.45, 2.75) is 52.0 Å². The van der Waals surface area contributed by atoms with E-state index >= 15 is 0 Å². The minimum absolute atomic E-state index is 0.0353. The van der Waals surface area contributed by atoms with Crippen molar-refractivity contribution in [2.75, 3.05) is 6.61 Å². The molecule has 134 valence electrons. The lowest BCUT2D eigenvalue weighted by Crippen LogP contribution is -2.43. The maximum Gasteiger partial charge on any atom is 0.336 e. The molecule has 0 spiro atoms. The van der Waals surface area contributed by atoms with Gasteiger partial charge in [-0.2, -0.15) is 0 Å². The van der Waals surface area contributed by atoms with Crippen LogP contribution in [-0.2, 0) is 11.2 Å². The Morgan fingerprint density at radius 3 is 2.84 bits per heavy atom. The van der Waals surface area contributed by atoms with E-state index in [0.717, 1.165) is 30.2 Å². The molecule has 0 unspecified atom stereocenters. The van der Waals surface area contributed by atoms with Gasteiger partial charge in [-0.3, -0.25) is 4.79 Å². The van der Waals surface area contributed by atoms with Crippen LogP contribution in [0.2, 0.25) is 0 Å². The highest BCUT2D eigenvalue weighted by Gasteiger charge is 2.22. The number of benzene rings is 1. The van der Waals surface area contributed by atoms with Crippen LogP contribution in [0.25, 0.3) is 11.0 Å². The number of aryl methyl sites for hydroxylation is 1. The lowest BCUT2D eigenvalue weighted by Gasteiger charge is -2.29. The summed E-state index contributed by atoms with van der Waals surface area (Å²) in [5.74, 6) is 0.929. The van der Waals surface area contributed by atoms with Gasteiger partial charge >= 0.3 is 5.63 Å². The Labute approximate surface area is 147 Å². The topological polar surface area (TPSA) is 68.5 Å². The third-order valence-corrected chi connectivity index (χ3v) is 5.01. The van der Waals surface area contributed by atoms with Crippen molar-refractivity contribution in [2.24, 2.45) is 5.92 Å². The third-order valence-electron chi connectivity index (χ3n) is 5.01. The van der Waals surface area contributed by atoms with E-state index in [1.54, 1.807) is 12.1 Å². The van der Waals surface area contributed by atoms with Gasteiger partial charge in [0.25, 0.3) is 5.91 Å². The van der Waals surface area contributed by atoms with Crippen LogP contribution in [0.5, 0.6) is 5.75 Å². The van der Waals surface area contributed by atoms with Crippen molar-refractivity contribution in [1.29, 1.82) is 0 Å². The SMILES string of the molecule is CCc1cc(=O)oc2cc(OCC(=O)N[C@@H]3CCCC[C@@H]3C)ccc12. The lowest BCUT2D eigenvalue weighted by atomic mass is 9.86. The van der Waals surface area contributed by atoms with E-state index in [1.165, 1.54) is 18.9 Å². The average molecular weight is 343 g/mol. The van der Waals surface area contributed by atoms with Gasteiger partial charge in [0.15, 0.2) is 6.61 Å². The molecule has 1 aliphatic rings. The van der Waals surface area contributed by atoms with E-state index in [1.807, 2.05) is 13.0 Å². The zero-order chi connectivity index (χ0) is 17.8. The van der Waals surface area contributed by atoms with Crippen LogP contribution in [0.4, 0.5) is 0 Å². The first-order valence-electron chi connectivity index (χ1n) is 9.05. The molecule has 1 N–H and O–H groups in total. The highest BCUT2D eigenvalue weighted by atomic mass is 16.5. The summed E-state index contributed by atoms with van der Waals surface area (Å²) in [6, 6.07) is 7.10. The van der Waals surface area contributed by atoms with Gasteiger partial charge in [-0.1, -0.05) is 26.7 Å². The fourth-order valence-electron chi connectivity index (χ4n) is 3.52. The van der Waals surface area contributed by atoms with Gasteiger partial charge < -0.3 is 14.5 Å². The Hall–Kier alpha value is -2.30. The van der Waals surface area contributed by atoms with Gasteiger partial charge in [-0.05, 0) is 42.9 Å². The summed E-state index contributed by atoms with van der Waals surface area (Å²) in [5, 5.41) is 3.96. The van der Waals surface area contributed by atoms with Crippen molar-refractivity contribution in [1.82, 2.24) is 5.32 Å². The largest absolute Gasteiger partial charge is 0.484 e. The van der Waals surface area contributed by atoms with Gasteiger partial charge in [-0.25, -0.2) is 4.79 Å². The fourth-order valence-corrected chi connectivity index (χ4v) is 3.52. The average Bonchev–Trinajstić information content (AvgIpc) is 2.60. The van der Waals surface area contributed by atoms with E-state index in [2.05, 4.69) is 12.2 Å². The van der Waals surface area contributed by atoms with Crippen LogP contribution in [0.15, 0.2) is 33.5 Å². The Morgan fingerprint density at radius 1 is 1.28 bits per heavy atom. The second-order valence-electron chi connectivity index (χ2n) is 6.83.